The summed E-state index contributed by atoms with van der Waals surface area (Å²) < 4.78 is 5.72. The normalized spacial score (nSPS) is 10.7. The van der Waals surface area contributed by atoms with Crippen molar-refractivity contribution in [2.24, 2.45) is 5.10 Å². The third-order valence-corrected chi connectivity index (χ3v) is 4.18. The second kappa shape index (κ2) is 9.16. The average Bonchev–Trinajstić information content (AvgIpc) is 2.69. The molecular weight excluding hydrogens is 385 g/mol. The highest BCUT2D eigenvalue weighted by molar-refractivity contribution is 6.35. The lowest BCUT2D eigenvalue weighted by molar-refractivity contribution is 0.0955. The van der Waals surface area contributed by atoms with Crippen molar-refractivity contribution in [1.82, 2.24) is 10.4 Å². The molecule has 136 valence electrons. The topological polar surface area (TPSA) is 63.6 Å². The van der Waals surface area contributed by atoms with Gasteiger partial charge in [-0.15, -0.1) is 0 Å². The molecule has 0 spiro atoms. The SMILES string of the molecule is O=C(N/N=C\c1ccc(OCc2ccc(Cl)cc2Cl)cc1)c1cccnc1. The van der Waals surface area contributed by atoms with Crippen LogP contribution in [0.3, 0.4) is 0 Å². The monoisotopic (exact) mass is 399 g/mol. The van der Waals surface area contributed by atoms with Crippen LogP contribution in [-0.2, 0) is 6.61 Å². The molecule has 1 amide bonds. The number of rotatable bonds is 6. The van der Waals surface area contributed by atoms with Crippen LogP contribution in [-0.4, -0.2) is 17.1 Å². The first-order valence-electron chi connectivity index (χ1n) is 8.02. The first-order valence-corrected chi connectivity index (χ1v) is 8.77. The molecule has 0 radical (unpaired) electrons. The number of benzene rings is 2. The zero-order valence-electron chi connectivity index (χ0n) is 14.1. The summed E-state index contributed by atoms with van der Waals surface area (Å²) in [7, 11) is 0. The Labute approximate surface area is 166 Å². The number of aromatic nitrogens is 1. The van der Waals surface area contributed by atoms with Crippen molar-refractivity contribution in [3.05, 3.63) is 93.7 Å². The fraction of sp³-hybridized carbons (Fsp3) is 0.0500. The number of nitrogens with one attached hydrogen (secondary N) is 1. The molecule has 3 rings (SSSR count). The van der Waals surface area contributed by atoms with Gasteiger partial charge in [-0.25, -0.2) is 5.43 Å². The van der Waals surface area contributed by atoms with E-state index >= 15 is 0 Å². The van der Waals surface area contributed by atoms with E-state index in [-0.39, 0.29) is 5.91 Å². The van der Waals surface area contributed by atoms with E-state index in [9.17, 15) is 4.79 Å². The quantitative estimate of drug-likeness (QED) is 0.481. The number of ether oxygens (including phenoxy) is 1. The molecule has 5 nitrogen and oxygen atoms in total. The van der Waals surface area contributed by atoms with Crippen LogP contribution in [0.2, 0.25) is 10.0 Å². The second-order valence-corrected chi connectivity index (χ2v) is 6.38. The molecule has 1 aromatic heterocycles. The Balaban J connectivity index is 1.53. The number of carbonyl (C=O) groups excluding carboxylic acids is 1. The van der Waals surface area contributed by atoms with E-state index < -0.39 is 0 Å². The molecule has 0 unspecified atom stereocenters. The third-order valence-electron chi connectivity index (χ3n) is 3.59. The summed E-state index contributed by atoms with van der Waals surface area (Å²) in [5.74, 6) is 0.372. The summed E-state index contributed by atoms with van der Waals surface area (Å²) in [5.41, 5.74) is 4.57. The molecule has 27 heavy (non-hydrogen) atoms. The van der Waals surface area contributed by atoms with E-state index in [0.717, 1.165) is 11.1 Å². The van der Waals surface area contributed by atoms with Gasteiger partial charge in [-0.2, -0.15) is 5.10 Å². The molecule has 0 saturated carbocycles. The Morgan fingerprint density at radius 1 is 1.15 bits per heavy atom. The minimum absolute atomic E-state index is 0.320. The van der Waals surface area contributed by atoms with Crippen molar-refractivity contribution in [2.75, 3.05) is 0 Å². The Kier molecular flexibility index (Phi) is 6.41. The molecule has 7 heteroatoms. The van der Waals surface area contributed by atoms with Gasteiger partial charge in [0, 0.05) is 28.0 Å². The van der Waals surface area contributed by atoms with Gasteiger partial charge < -0.3 is 4.74 Å². The molecule has 0 saturated heterocycles. The molecule has 0 bridgehead atoms. The molecule has 1 N–H and O–H groups in total. The van der Waals surface area contributed by atoms with E-state index in [1.54, 1.807) is 36.7 Å². The van der Waals surface area contributed by atoms with Crippen LogP contribution in [0.4, 0.5) is 0 Å². The fourth-order valence-electron chi connectivity index (χ4n) is 2.18. The van der Waals surface area contributed by atoms with E-state index in [1.165, 1.54) is 6.20 Å². The predicted octanol–water partition coefficient (Wildman–Crippen LogP) is 4.73. The van der Waals surface area contributed by atoms with Gasteiger partial charge in [0.2, 0.25) is 0 Å². The number of pyridine rings is 1. The van der Waals surface area contributed by atoms with Gasteiger partial charge in [-0.05, 0) is 54.1 Å². The minimum Gasteiger partial charge on any atom is -0.489 e. The largest absolute Gasteiger partial charge is 0.489 e. The highest BCUT2D eigenvalue weighted by atomic mass is 35.5. The highest BCUT2D eigenvalue weighted by Crippen LogP contribution is 2.22. The van der Waals surface area contributed by atoms with Gasteiger partial charge in [0.25, 0.3) is 5.91 Å². The number of hydrogen-bond acceptors (Lipinski definition) is 4. The molecule has 0 fully saturated rings. The van der Waals surface area contributed by atoms with Gasteiger partial charge in [-0.3, -0.25) is 9.78 Å². The third kappa shape index (κ3) is 5.54. The summed E-state index contributed by atoms with van der Waals surface area (Å²) in [6.45, 7) is 0.338. The zero-order valence-corrected chi connectivity index (χ0v) is 15.6. The van der Waals surface area contributed by atoms with E-state index in [1.807, 2.05) is 30.3 Å². The van der Waals surface area contributed by atoms with Gasteiger partial charge in [-0.1, -0.05) is 29.3 Å². The Bertz CT molecular complexity index is 945. The highest BCUT2D eigenvalue weighted by Gasteiger charge is 2.04. The van der Waals surface area contributed by atoms with E-state index in [0.29, 0.717) is 28.0 Å². The van der Waals surface area contributed by atoms with E-state index in [4.69, 9.17) is 27.9 Å². The van der Waals surface area contributed by atoms with Crippen molar-refractivity contribution in [3.8, 4) is 5.75 Å². The first-order chi connectivity index (χ1) is 13.1. The lowest BCUT2D eigenvalue weighted by Gasteiger charge is -2.08. The second-order valence-electron chi connectivity index (χ2n) is 5.53. The molecular formula is C20H15Cl2N3O2. The summed E-state index contributed by atoms with van der Waals surface area (Å²) in [4.78, 5) is 15.7. The number of carbonyl (C=O) groups is 1. The van der Waals surface area contributed by atoms with Crippen LogP contribution in [0.15, 0.2) is 72.1 Å². The van der Waals surface area contributed by atoms with Crippen LogP contribution in [0.25, 0.3) is 0 Å². The maximum Gasteiger partial charge on any atom is 0.272 e. The van der Waals surface area contributed by atoms with Crippen molar-refractivity contribution in [3.63, 3.8) is 0 Å². The molecule has 1 heterocycles. The van der Waals surface area contributed by atoms with E-state index in [2.05, 4.69) is 15.5 Å². The van der Waals surface area contributed by atoms with Crippen LogP contribution in [0.1, 0.15) is 21.5 Å². The maximum absolute atomic E-state index is 11.9. The summed E-state index contributed by atoms with van der Waals surface area (Å²) >= 11 is 12.0. The molecule has 0 aliphatic carbocycles. The first kappa shape index (κ1) is 18.9. The molecule has 0 aliphatic heterocycles. The smallest absolute Gasteiger partial charge is 0.272 e. The van der Waals surface area contributed by atoms with Crippen molar-refractivity contribution in [2.45, 2.75) is 6.61 Å². The van der Waals surface area contributed by atoms with Gasteiger partial charge >= 0.3 is 0 Å². The number of amides is 1. The van der Waals surface area contributed by atoms with Crippen LogP contribution in [0, 0.1) is 0 Å². The lowest BCUT2D eigenvalue weighted by Crippen LogP contribution is -2.17. The maximum atomic E-state index is 11.9. The summed E-state index contributed by atoms with van der Waals surface area (Å²) in [6.07, 6.45) is 4.63. The van der Waals surface area contributed by atoms with Crippen molar-refractivity contribution in [1.29, 1.82) is 0 Å². The van der Waals surface area contributed by atoms with Gasteiger partial charge in [0.15, 0.2) is 0 Å². The Morgan fingerprint density at radius 3 is 2.67 bits per heavy atom. The molecule has 2 aromatic carbocycles. The number of hydrogen-bond donors (Lipinski definition) is 1. The van der Waals surface area contributed by atoms with Crippen LogP contribution in [0.5, 0.6) is 5.75 Å². The molecule has 3 aromatic rings. The van der Waals surface area contributed by atoms with Gasteiger partial charge in [0.05, 0.1) is 11.8 Å². The Hall–Kier alpha value is -2.89. The summed E-state index contributed by atoms with van der Waals surface area (Å²) in [5, 5.41) is 5.09. The van der Waals surface area contributed by atoms with Crippen molar-refractivity contribution >= 4 is 35.3 Å². The lowest BCUT2D eigenvalue weighted by atomic mass is 10.2. The number of nitrogens with zero attached hydrogens (tertiary/aromatic N) is 2. The Morgan fingerprint density at radius 2 is 1.96 bits per heavy atom. The summed E-state index contributed by atoms with van der Waals surface area (Å²) in [6, 6.07) is 15.9. The number of hydrazone groups is 1. The average molecular weight is 400 g/mol. The van der Waals surface area contributed by atoms with Crippen LogP contribution >= 0.6 is 23.2 Å². The standard InChI is InChI=1S/C20H15Cl2N3O2/c21-17-6-5-16(19(22)10-17)13-27-18-7-3-14(4-8-18)11-24-25-20(26)15-2-1-9-23-12-15/h1-12H,13H2,(H,25,26)/b24-11-. The number of halogens is 2. The van der Waals surface area contributed by atoms with Crippen LogP contribution < -0.4 is 10.2 Å². The molecule has 0 atom stereocenters. The molecule has 0 aliphatic rings. The predicted molar refractivity (Wildman–Crippen MR) is 107 cm³/mol. The van der Waals surface area contributed by atoms with Crippen molar-refractivity contribution < 1.29 is 9.53 Å². The minimum atomic E-state index is -0.320. The fourth-order valence-corrected chi connectivity index (χ4v) is 2.64. The zero-order chi connectivity index (χ0) is 19.1. The van der Waals surface area contributed by atoms with Gasteiger partial charge in [0.1, 0.15) is 12.4 Å².